The van der Waals surface area contributed by atoms with Gasteiger partial charge in [0.25, 0.3) is 0 Å². The maximum atomic E-state index is 11.6. The predicted molar refractivity (Wildman–Crippen MR) is 74.8 cm³/mol. The van der Waals surface area contributed by atoms with E-state index in [1.807, 2.05) is 53.9 Å². The maximum Gasteiger partial charge on any atom is 0.234 e. The second-order valence-electron chi connectivity index (χ2n) is 4.72. The Hall–Kier alpha value is -1.88. The first kappa shape index (κ1) is 13.5. The molecule has 0 saturated carbocycles. The first-order valence-corrected chi connectivity index (χ1v) is 6.57. The van der Waals surface area contributed by atoms with Gasteiger partial charge in [0.05, 0.1) is 12.2 Å². The molecule has 2 aromatic rings. The first-order valence-electron chi connectivity index (χ1n) is 6.57. The lowest BCUT2D eigenvalue weighted by atomic mass is 10.4. The van der Waals surface area contributed by atoms with E-state index in [1.54, 1.807) is 0 Å². The molecule has 2 rings (SSSR count). The van der Waals surface area contributed by atoms with Crippen LogP contribution in [0.4, 0.5) is 0 Å². The topological polar surface area (TPSA) is 49.6 Å². The number of nitrogens with zero attached hydrogens (tertiary/aromatic N) is 3. The van der Waals surface area contributed by atoms with E-state index in [-0.39, 0.29) is 5.91 Å². The van der Waals surface area contributed by atoms with Gasteiger partial charge < -0.3 is 9.72 Å². The number of hydrogen-bond donors (Lipinski definition) is 1. The summed E-state index contributed by atoms with van der Waals surface area (Å²) in [6.07, 6.45) is 4.93. The van der Waals surface area contributed by atoms with E-state index in [1.165, 1.54) is 0 Å². The maximum absolute atomic E-state index is 11.6. The van der Waals surface area contributed by atoms with Crippen LogP contribution in [-0.4, -0.2) is 40.3 Å². The van der Waals surface area contributed by atoms with Crippen LogP contribution in [0.15, 0.2) is 30.6 Å². The molecule has 0 aliphatic heterocycles. The Kier molecular flexibility index (Phi) is 4.52. The Morgan fingerprint density at radius 2 is 2.32 bits per heavy atom. The van der Waals surface area contributed by atoms with Crippen molar-refractivity contribution in [2.45, 2.75) is 19.9 Å². The molecule has 2 heterocycles. The molecule has 0 aromatic carbocycles. The van der Waals surface area contributed by atoms with E-state index in [2.05, 4.69) is 10.3 Å². The fraction of sp³-hybridized carbons (Fsp3) is 0.429. The Morgan fingerprint density at radius 1 is 1.47 bits per heavy atom. The van der Waals surface area contributed by atoms with Gasteiger partial charge in [-0.3, -0.25) is 9.69 Å². The van der Waals surface area contributed by atoms with Crippen molar-refractivity contribution in [3.63, 3.8) is 0 Å². The number of nitrogens with one attached hydrogen (secondary N) is 1. The SMILES string of the molecule is CCCNC(=O)CN(C)Cc1cn2ccccc2n1. The standard InChI is InChI=1S/C14H20N4O/c1-3-7-15-14(19)11-17(2)9-12-10-18-8-5-4-6-13(18)16-12/h4-6,8,10H,3,7,9,11H2,1-2H3,(H,15,19). The third kappa shape index (κ3) is 3.79. The minimum atomic E-state index is 0.0631. The number of aromatic nitrogens is 2. The Labute approximate surface area is 113 Å². The monoisotopic (exact) mass is 260 g/mol. The smallest absolute Gasteiger partial charge is 0.234 e. The van der Waals surface area contributed by atoms with Gasteiger partial charge in [0.1, 0.15) is 5.65 Å². The van der Waals surface area contributed by atoms with Crippen LogP contribution in [0.5, 0.6) is 0 Å². The van der Waals surface area contributed by atoms with Crippen molar-refractivity contribution < 1.29 is 4.79 Å². The molecule has 0 bridgehead atoms. The minimum absolute atomic E-state index is 0.0631. The summed E-state index contributed by atoms with van der Waals surface area (Å²) < 4.78 is 1.99. The lowest BCUT2D eigenvalue weighted by molar-refractivity contribution is -0.122. The molecule has 1 amide bonds. The number of carbonyl (C=O) groups excluding carboxylic acids is 1. The van der Waals surface area contributed by atoms with Gasteiger partial charge in [-0.2, -0.15) is 0 Å². The van der Waals surface area contributed by atoms with Gasteiger partial charge in [-0.15, -0.1) is 0 Å². The molecule has 1 N–H and O–H groups in total. The zero-order valence-electron chi connectivity index (χ0n) is 11.5. The second-order valence-corrected chi connectivity index (χ2v) is 4.72. The summed E-state index contributed by atoms with van der Waals surface area (Å²) in [7, 11) is 1.93. The number of hydrogen-bond acceptors (Lipinski definition) is 3. The highest BCUT2D eigenvalue weighted by Crippen LogP contribution is 2.06. The van der Waals surface area contributed by atoms with Gasteiger partial charge in [0.2, 0.25) is 5.91 Å². The molecule has 0 aliphatic rings. The summed E-state index contributed by atoms with van der Waals surface area (Å²) >= 11 is 0. The average molecular weight is 260 g/mol. The highest BCUT2D eigenvalue weighted by atomic mass is 16.2. The predicted octanol–water partition coefficient (Wildman–Crippen LogP) is 1.29. The first-order chi connectivity index (χ1) is 9.19. The van der Waals surface area contributed by atoms with Crippen LogP contribution in [0, 0.1) is 0 Å². The molecule has 5 nitrogen and oxygen atoms in total. The molecule has 2 aromatic heterocycles. The lowest BCUT2D eigenvalue weighted by Gasteiger charge is -2.14. The number of likely N-dealkylation sites (N-methyl/N-ethyl adjacent to an activating group) is 1. The van der Waals surface area contributed by atoms with E-state index in [9.17, 15) is 4.79 Å². The van der Waals surface area contributed by atoms with Crippen molar-refractivity contribution in [1.82, 2.24) is 19.6 Å². The van der Waals surface area contributed by atoms with Gasteiger partial charge in [-0.05, 0) is 25.6 Å². The molecule has 19 heavy (non-hydrogen) atoms. The lowest BCUT2D eigenvalue weighted by Crippen LogP contribution is -2.35. The van der Waals surface area contributed by atoms with Crippen molar-refractivity contribution >= 4 is 11.6 Å². The van der Waals surface area contributed by atoms with Gasteiger partial charge in [0.15, 0.2) is 0 Å². The highest BCUT2D eigenvalue weighted by molar-refractivity contribution is 5.77. The summed E-state index contributed by atoms with van der Waals surface area (Å²) in [6, 6.07) is 5.91. The second kappa shape index (κ2) is 6.33. The van der Waals surface area contributed by atoms with Crippen molar-refractivity contribution in [2.24, 2.45) is 0 Å². The van der Waals surface area contributed by atoms with Crippen molar-refractivity contribution in [1.29, 1.82) is 0 Å². The fourth-order valence-corrected chi connectivity index (χ4v) is 1.96. The van der Waals surface area contributed by atoms with Crippen LogP contribution in [0.25, 0.3) is 5.65 Å². The fourth-order valence-electron chi connectivity index (χ4n) is 1.96. The summed E-state index contributed by atoms with van der Waals surface area (Å²) in [4.78, 5) is 18.1. The van der Waals surface area contributed by atoms with E-state index in [0.29, 0.717) is 13.1 Å². The van der Waals surface area contributed by atoms with Crippen molar-refractivity contribution in [2.75, 3.05) is 20.1 Å². The molecule has 0 fully saturated rings. The molecule has 0 aliphatic carbocycles. The molecule has 0 saturated heterocycles. The summed E-state index contributed by atoms with van der Waals surface area (Å²) in [6.45, 7) is 3.84. The van der Waals surface area contributed by atoms with Gasteiger partial charge in [0, 0.05) is 25.5 Å². The van der Waals surface area contributed by atoms with Crippen molar-refractivity contribution in [3.05, 3.63) is 36.3 Å². The van der Waals surface area contributed by atoms with E-state index in [4.69, 9.17) is 0 Å². The third-order valence-corrected chi connectivity index (χ3v) is 2.83. The average Bonchev–Trinajstić information content (AvgIpc) is 2.78. The van der Waals surface area contributed by atoms with Crippen LogP contribution in [0.3, 0.4) is 0 Å². The number of imidazole rings is 1. The van der Waals surface area contributed by atoms with E-state index in [0.717, 1.165) is 24.3 Å². The minimum Gasteiger partial charge on any atom is -0.355 e. The Morgan fingerprint density at radius 3 is 3.05 bits per heavy atom. The molecule has 102 valence electrons. The van der Waals surface area contributed by atoms with E-state index >= 15 is 0 Å². The van der Waals surface area contributed by atoms with Gasteiger partial charge in [-0.1, -0.05) is 13.0 Å². The van der Waals surface area contributed by atoms with Crippen molar-refractivity contribution in [3.8, 4) is 0 Å². The van der Waals surface area contributed by atoms with Gasteiger partial charge >= 0.3 is 0 Å². The number of rotatable bonds is 6. The quantitative estimate of drug-likeness (QED) is 0.851. The molecule has 0 radical (unpaired) electrons. The molecular weight excluding hydrogens is 240 g/mol. The number of amides is 1. The third-order valence-electron chi connectivity index (χ3n) is 2.83. The van der Waals surface area contributed by atoms with Crippen LogP contribution in [0.2, 0.25) is 0 Å². The normalized spacial score (nSPS) is 11.1. The van der Waals surface area contributed by atoms with Crippen LogP contribution in [0.1, 0.15) is 19.0 Å². The van der Waals surface area contributed by atoms with Gasteiger partial charge in [-0.25, -0.2) is 4.98 Å². The van der Waals surface area contributed by atoms with E-state index < -0.39 is 0 Å². The summed E-state index contributed by atoms with van der Waals surface area (Å²) in [5.41, 5.74) is 1.90. The Balaban J connectivity index is 1.91. The number of carbonyl (C=O) groups is 1. The molecule has 0 unspecified atom stereocenters. The van der Waals surface area contributed by atoms with Crippen LogP contribution in [-0.2, 0) is 11.3 Å². The Bertz CT molecular complexity index is 516. The largest absolute Gasteiger partial charge is 0.355 e. The number of fused-ring (bicyclic) bond motifs is 1. The zero-order chi connectivity index (χ0) is 13.7. The zero-order valence-corrected chi connectivity index (χ0v) is 11.5. The number of pyridine rings is 1. The van der Waals surface area contributed by atoms with Crippen LogP contribution >= 0.6 is 0 Å². The molecular formula is C14H20N4O. The molecule has 5 heteroatoms. The molecule has 0 spiro atoms. The summed E-state index contributed by atoms with van der Waals surface area (Å²) in [5.74, 6) is 0.0631. The summed E-state index contributed by atoms with van der Waals surface area (Å²) in [5, 5.41) is 2.87. The van der Waals surface area contributed by atoms with Crippen LogP contribution < -0.4 is 5.32 Å². The highest BCUT2D eigenvalue weighted by Gasteiger charge is 2.08. The molecule has 0 atom stereocenters.